The van der Waals surface area contributed by atoms with E-state index < -0.39 is 0 Å². The predicted octanol–water partition coefficient (Wildman–Crippen LogP) is 2.93. The van der Waals surface area contributed by atoms with E-state index in [-0.39, 0.29) is 0 Å². The van der Waals surface area contributed by atoms with E-state index in [1.54, 1.807) is 17.1 Å². The summed E-state index contributed by atoms with van der Waals surface area (Å²) < 4.78 is 6.99. The molecule has 0 saturated carbocycles. The molecule has 0 spiro atoms. The highest BCUT2D eigenvalue weighted by molar-refractivity contribution is 5.36. The van der Waals surface area contributed by atoms with Gasteiger partial charge in [0.25, 0.3) is 0 Å². The molecule has 0 fully saturated rings. The maximum Gasteiger partial charge on any atom is 0.174 e. The van der Waals surface area contributed by atoms with Crippen molar-refractivity contribution in [3.63, 3.8) is 0 Å². The first-order valence-corrected chi connectivity index (χ1v) is 8.06. The summed E-state index contributed by atoms with van der Waals surface area (Å²) in [5.74, 6) is 2.37. The number of nitrogens with one attached hydrogen (secondary N) is 1. The van der Waals surface area contributed by atoms with Gasteiger partial charge in [-0.1, -0.05) is 5.16 Å². The van der Waals surface area contributed by atoms with Crippen molar-refractivity contribution in [2.45, 2.75) is 40.5 Å². The first kappa shape index (κ1) is 16.2. The summed E-state index contributed by atoms with van der Waals surface area (Å²) >= 11 is 0. The molecule has 1 N–H and O–H groups in total. The summed E-state index contributed by atoms with van der Waals surface area (Å²) in [4.78, 5) is 8.84. The van der Waals surface area contributed by atoms with Crippen LogP contribution in [0.15, 0.2) is 23.0 Å². The van der Waals surface area contributed by atoms with Crippen LogP contribution in [-0.2, 0) is 6.42 Å². The maximum atomic E-state index is 5.19. The van der Waals surface area contributed by atoms with Crippen LogP contribution in [0.5, 0.6) is 0 Å². The van der Waals surface area contributed by atoms with Gasteiger partial charge in [0.1, 0.15) is 11.6 Å². The molecule has 0 aliphatic rings. The Morgan fingerprint density at radius 2 is 2.00 bits per heavy atom. The van der Waals surface area contributed by atoms with Crippen molar-refractivity contribution in [1.82, 2.24) is 24.9 Å². The van der Waals surface area contributed by atoms with E-state index in [4.69, 9.17) is 4.52 Å². The Labute approximate surface area is 141 Å². The molecule has 0 saturated heterocycles. The highest BCUT2D eigenvalue weighted by atomic mass is 16.5. The molecule has 7 nitrogen and oxygen atoms in total. The Kier molecular flexibility index (Phi) is 4.59. The van der Waals surface area contributed by atoms with E-state index in [1.165, 1.54) is 5.56 Å². The van der Waals surface area contributed by atoms with Gasteiger partial charge in [0.2, 0.25) is 0 Å². The van der Waals surface area contributed by atoms with Crippen LogP contribution in [-0.4, -0.2) is 31.4 Å². The molecule has 0 bridgehead atoms. The molecule has 24 heavy (non-hydrogen) atoms. The van der Waals surface area contributed by atoms with Crippen molar-refractivity contribution >= 4 is 5.82 Å². The summed E-state index contributed by atoms with van der Waals surface area (Å²) in [7, 11) is 0. The van der Waals surface area contributed by atoms with Gasteiger partial charge in [0.05, 0.1) is 23.8 Å². The third-order valence-electron chi connectivity index (χ3n) is 3.94. The second-order valence-corrected chi connectivity index (χ2v) is 5.93. The minimum absolute atomic E-state index is 0.719. The van der Waals surface area contributed by atoms with Crippen molar-refractivity contribution in [3.05, 3.63) is 46.9 Å². The van der Waals surface area contributed by atoms with Crippen molar-refractivity contribution in [2.24, 2.45) is 0 Å². The number of anilines is 1. The molecular weight excluding hydrogens is 304 g/mol. The van der Waals surface area contributed by atoms with E-state index in [0.717, 1.165) is 53.9 Å². The zero-order valence-electron chi connectivity index (χ0n) is 14.5. The van der Waals surface area contributed by atoms with Gasteiger partial charge in [-0.15, -0.1) is 0 Å². The van der Waals surface area contributed by atoms with Crippen LogP contribution in [0, 0.1) is 27.7 Å². The number of aryl methyl sites for hydroxylation is 4. The zero-order chi connectivity index (χ0) is 17.1. The van der Waals surface area contributed by atoms with Gasteiger partial charge in [-0.3, -0.25) is 4.98 Å². The maximum absolute atomic E-state index is 5.19. The molecule has 0 radical (unpaired) electrons. The molecule has 0 atom stereocenters. The van der Waals surface area contributed by atoms with E-state index in [0.29, 0.717) is 0 Å². The third-order valence-corrected chi connectivity index (χ3v) is 3.94. The van der Waals surface area contributed by atoms with Crippen LogP contribution < -0.4 is 5.32 Å². The highest BCUT2D eigenvalue weighted by Crippen LogP contribution is 2.15. The smallest absolute Gasteiger partial charge is 0.174 e. The molecule has 0 unspecified atom stereocenters. The zero-order valence-corrected chi connectivity index (χ0v) is 14.5. The standard InChI is InChI=1S/C17H22N6O/c1-11-8-12(2)23(21-11)17-10-18-9-16(20-17)19-7-5-6-15-13(3)22-24-14(15)4/h8-10H,5-7H2,1-4H3,(H,19,20). The van der Waals surface area contributed by atoms with E-state index in [1.807, 2.05) is 33.8 Å². The van der Waals surface area contributed by atoms with Crippen molar-refractivity contribution in [3.8, 4) is 5.82 Å². The molecule has 0 aliphatic heterocycles. The molecular formula is C17H22N6O. The van der Waals surface area contributed by atoms with Crippen molar-refractivity contribution < 1.29 is 4.52 Å². The Bertz CT molecular complexity index is 816. The van der Waals surface area contributed by atoms with Crippen LogP contribution in [0.2, 0.25) is 0 Å². The fourth-order valence-electron chi connectivity index (χ4n) is 2.74. The molecule has 3 aromatic rings. The number of hydrogen-bond acceptors (Lipinski definition) is 6. The normalized spacial score (nSPS) is 11.0. The topological polar surface area (TPSA) is 81.7 Å². The average Bonchev–Trinajstić information content (AvgIpc) is 3.06. The molecule has 3 rings (SSSR count). The lowest BCUT2D eigenvalue weighted by Crippen LogP contribution is -2.09. The van der Waals surface area contributed by atoms with Gasteiger partial charge >= 0.3 is 0 Å². The van der Waals surface area contributed by atoms with Crippen molar-refractivity contribution in [2.75, 3.05) is 11.9 Å². The van der Waals surface area contributed by atoms with Gasteiger partial charge in [-0.2, -0.15) is 5.10 Å². The Morgan fingerprint density at radius 3 is 2.67 bits per heavy atom. The second kappa shape index (κ2) is 6.82. The largest absolute Gasteiger partial charge is 0.369 e. The third kappa shape index (κ3) is 3.45. The lowest BCUT2D eigenvalue weighted by Gasteiger charge is -2.08. The molecule has 3 heterocycles. The van der Waals surface area contributed by atoms with E-state index in [9.17, 15) is 0 Å². The summed E-state index contributed by atoms with van der Waals surface area (Å²) in [6, 6.07) is 2.02. The SMILES string of the molecule is Cc1cc(C)n(-c2cncc(NCCCc3c(C)noc3C)n2)n1. The molecule has 126 valence electrons. The Hall–Kier alpha value is -2.70. The summed E-state index contributed by atoms with van der Waals surface area (Å²) in [5, 5.41) is 11.7. The van der Waals surface area contributed by atoms with E-state index >= 15 is 0 Å². The van der Waals surface area contributed by atoms with Crippen LogP contribution in [0.1, 0.15) is 34.8 Å². The van der Waals surface area contributed by atoms with Crippen LogP contribution in [0.4, 0.5) is 5.82 Å². The molecule has 7 heteroatoms. The Morgan fingerprint density at radius 1 is 1.17 bits per heavy atom. The quantitative estimate of drug-likeness (QED) is 0.701. The minimum Gasteiger partial charge on any atom is -0.369 e. The summed E-state index contributed by atoms with van der Waals surface area (Å²) in [6.07, 6.45) is 5.34. The van der Waals surface area contributed by atoms with Gasteiger partial charge in [0, 0.05) is 17.8 Å². The van der Waals surface area contributed by atoms with E-state index in [2.05, 4.69) is 25.5 Å². The average molecular weight is 326 g/mol. The first-order chi connectivity index (χ1) is 11.5. The molecule has 0 aromatic carbocycles. The fourth-order valence-corrected chi connectivity index (χ4v) is 2.74. The number of rotatable bonds is 6. The summed E-state index contributed by atoms with van der Waals surface area (Å²) in [6.45, 7) is 8.70. The second-order valence-electron chi connectivity index (χ2n) is 5.93. The number of nitrogens with zero attached hydrogens (tertiary/aromatic N) is 5. The molecule has 0 aliphatic carbocycles. The lowest BCUT2D eigenvalue weighted by atomic mass is 10.1. The first-order valence-electron chi connectivity index (χ1n) is 8.06. The van der Waals surface area contributed by atoms with Crippen molar-refractivity contribution in [1.29, 1.82) is 0 Å². The van der Waals surface area contributed by atoms with Gasteiger partial charge in [-0.05, 0) is 46.6 Å². The van der Waals surface area contributed by atoms with Gasteiger partial charge in [0.15, 0.2) is 5.82 Å². The highest BCUT2D eigenvalue weighted by Gasteiger charge is 2.09. The fraction of sp³-hybridized carbons (Fsp3) is 0.412. The number of aromatic nitrogens is 5. The molecule has 0 amide bonds. The van der Waals surface area contributed by atoms with Crippen LogP contribution >= 0.6 is 0 Å². The molecule has 3 aromatic heterocycles. The van der Waals surface area contributed by atoms with Gasteiger partial charge in [-0.25, -0.2) is 9.67 Å². The van der Waals surface area contributed by atoms with Gasteiger partial charge < -0.3 is 9.84 Å². The summed E-state index contributed by atoms with van der Waals surface area (Å²) in [5.41, 5.74) is 4.17. The van der Waals surface area contributed by atoms with Crippen LogP contribution in [0.3, 0.4) is 0 Å². The van der Waals surface area contributed by atoms with Crippen LogP contribution in [0.25, 0.3) is 5.82 Å². The monoisotopic (exact) mass is 326 g/mol. The lowest BCUT2D eigenvalue weighted by molar-refractivity contribution is 0.392. The number of hydrogen-bond donors (Lipinski definition) is 1. The Balaban J connectivity index is 1.60. The minimum atomic E-state index is 0.719. The predicted molar refractivity (Wildman–Crippen MR) is 91.4 cm³/mol.